The highest BCUT2D eigenvalue weighted by Gasteiger charge is 2.36. The van der Waals surface area contributed by atoms with Crippen LogP contribution in [0, 0.1) is 24.2 Å². The van der Waals surface area contributed by atoms with Gasteiger partial charge in [-0.05, 0) is 30.0 Å². The van der Waals surface area contributed by atoms with Crippen molar-refractivity contribution in [3.63, 3.8) is 0 Å². The minimum atomic E-state index is -1.68. The number of hydrogen-bond donors (Lipinski definition) is 0. The van der Waals surface area contributed by atoms with Gasteiger partial charge < -0.3 is 4.43 Å². The highest BCUT2D eigenvalue weighted by Crippen LogP contribution is 2.36. The van der Waals surface area contributed by atoms with Crippen LogP contribution in [0.3, 0.4) is 0 Å². The van der Waals surface area contributed by atoms with Crippen molar-refractivity contribution in [2.75, 3.05) is 6.61 Å². The van der Waals surface area contributed by atoms with E-state index in [1.54, 1.807) is 0 Å². The first kappa shape index (κ1) is 15.0. The molecule has 0 atom stereocenters. The summed E-state index contributed by atoms with van der Waals surface area (Å²) in [4.78, 5) is 10.7. The molecule has 0 aromatic heterocycles. The van der Waals surface area contributed by atoms with Gasteiger partial charge in [0.15, 0.2) is 8.32 Å². The van der Waals surface area contributed by atoms with Crippen LogP contribution in [0.5, 0.6) is 0 Å². The van der Waals surface area contributed by atoms with Gasteiger partial charge in [-0.1, -0.05) is 26.7 Å². The molecule has 16 heavy (non-hydrogen) atoms. The van der Waals surface area contributed by atoms with Crippen LogP contribution in [0.25, 0.3) is 0 Å². The fraction of sp³-hybridized carbons (Fsp3) is 0.615. The molecule has 0 saturated carbocycles. The highest BCUT2D eigenvalue weighted by atomic mass is 28.4. The van der Waals surface area contributed by atoms with Crippen LogP contribution in [0.4, 0.5) is 0 Å². The van der Waals surface area contributed by atoms with Crippen molar-refractivity contribution in [3.8, 4) is 24.2 Å². The summed E-state index contributed by atoms with van der Waals surface area (Å²) in [5.41, 5.74) is 0. The first-order valence-corrected chi connectivity index (χ1v) is 8.25. The third-order valence-electron chi connectivity index (χ3n) is 2.83. The summed E-state index contributed by atoms with van der Waals surface area (Å²) in [5.74, 6) is 6.57. The molecular weight excluding hydrogens is 216 g/mol. The van der Waals surface area contributed by atoms with E-state index in [0.29, 0.717) is 13.0 Å². The Hall–Kier alpha value is -1.03. The number of terminal acetylenes is 1. The van der Waals surface area contributed by atoms with E-state index in [1.165, 1.54) is 0 Å². The maximum atomic E-state index is 10.7. The van der Waals surface area contributed by atoms with E-state index in [-0.39, 0.29) is 5.04 Å². The van der Waals surface area contributed by atoms with Gasteiger partial charge in [0.05, 0.1) is 0 Å². The Morgan fingerprint density at radius 3 is 2.38 bits per heavy atom. The Bertz CT molecular complexity index is 345. The van der Waals surface area contributed by atoms with Gasteiger partial charge in [0, 0.05) is 13.0 Å². The van der Waals surface area contributed by atoms with Crippen molar-refractivity contribution < 1.29 is 9.22 Å². The van der Waals surface area contributed by atoms with Crippen LogP contribution >= 0.6 is 0 Å². The number of Topliss-reactive ketones (excluding diaryl/α,β-unsaturated/α-hetero) is 1. The zero-order valence-electron chi connectivity index (χ0n) is 10.8. The van der Waals surface area contributed by atoms with Crippen LogP contribution in [-0.2, 0) is 9.22 Å². The molecule has 0 rings (SSSR count). The number of carbonyl (C=O) groups is 1. The third kappa shape index (κ3) is 5.16. The van der Waals surface area contributed by atoms with Gasteiger partial charge in [0.25, 0.3) is 5.78 Å². The molecule has 0 radical (unpaired) electrons. The van der Waals surface area contributed by atoms with E-state index < -0.39 is 14.1 Å². The Morgan fingerprint density at radius 2 is 1.94 bits per heavy atom. The van der Waals surface area contributed by atoms with E-state index >= 15 is 0 Å². The molecule has 88 valence electrons. The van der Waals surface area contributed by atoms with E-state index in [4.69, 9.17) is 10.8 Å². The molecule has 0 spiro atoms. The quantitative estimate of drug-likeness (QED) is 0.326. The van der Waals surface area contributed by atoms with Gasteiger partial charge in [-0.25, -0.2) is 0 Å². The lowest BCUT2D eigenvalue weighted by molar-refractivity contribution is -0.108. The van der Waals surface area contributed by atoms with Crippen molar-refractivity contribution >= 4 is 14.1 Å². The maximum Gasteiger partial charge on any atom is 0.278 e. The van der Waals surface area contributed by atoms with Gasteiger partial charge in [0.2, 0.25) is 0 Å². The lowest BCUT2D eigenvalue weighted by Gasteiger charge is -2.35. The molecule has 0 fully saturated rings. The molecule has 0 aliphatic rings. The average Bonchev–Trinajstić information content (AvgIpc) is 2.15. The average molecular weight is 236 g/mol. The molecular formula is C13H20O2Si. The number of rotatable bonds is 3. The molecule has 0 unspecified atom stereocenters. The monoisotopic (exact) mass is 236 g/mol. The summed E-state index contributed by atoms with van der Waals surface area (Å²) in [7, 11) is -1.68. The van der Waals surface area contributed by atoms with Gasteiger partial charge in [0.1, 0.15) is 0 Å². The molecule has 0 amide bonds. The largest absolute Gasteiger partial charge is 0.416 e. The summed E-state index contributed by atoms with van der Waals surface area (Å²) in [6.45, 7) is 11.5. The second-order valence-corrected chi connectivity index (χ2v) is 9.94. The molecule has 0 bridgehead atoms. The fourth-order valence-electron chi connectivity index (χ4n) is 0.753. The molecule has 0 aromatic rings. The molecule has 0 aliphatic heterocycles. The first-order chi connectivity index (χ1) is 7.20. The van der Waals surface area contributed by atoms with Crippen molar-refractivity contribution in [2.24, 2.45) is 0 Å². The Kier molecular flexibility index (Phi) is 5.51. The van der Waals surface area contributed by atoms with E-state index in [9.17, 15) is 4.79 Å². The molecule has 0 saturated heterocycles. The summed E-state index contributed by atoms with van der Waals surface area (Å²) < 4.78 is 5.88. The minimum absolute atomic E-state index is 0.203. The van der Waals surface area contributed by atoms with Gasteiger partial charge in [-0.2, -0.15) is 0 Å². The second-order valence-electron chi connectivity index (χ2n) is 5.13. The van der Waals surface area contributed by atoms with Crippen molar-refractivity contribution in [1.82, 2.24) is 0 Å². The van der Waals surface area contributed by atoms with Gasteiger partial charge in [-0.15, -0.1) is 6.42 Å². The van der Waals surface area contributed by atoms with E-state index in [1.807, 2.05) is 5.92 Å². The third-order valence-corrected chi connectivity index (χ3v) is 7.37. The van der Waals surface area contributed by atoms with Crippen LogP contribution in [-0.4, -0.2) is 20.7 Å². The van der Waals surface area contributed by atoms with Crippen molar-refractivity contribution in [3.05, 3.63) is 0 Å². The molecule has 3 heteroatoms. The highest BCUT2D eigenvalue weighted by molar-refractivity contribution is 6.74. The smallest absolute Gasteiger partial charge is 0.278 e. The first-order valence-electron chi connectivity index (χ1n) is 5.34. The second kappa shape index (κ2) is 5.89. The topological polar surface area (TPSA) is 26.3 Å². The summed E-state index contributed by atoms with van der Waals surface area (Å²) in [6, 6.07) is 0. The van der Waals surface area contributed by atoms with Crippen LogP contribution in [0.1, 0.15) is 27.2 Å². The summed E-state index contributed by atoms with van der Waals surface area (Å²) >= 11 is 0. The van der Waals surface area contributed by atoms with Gasteiger partial charge in [-0.3, -0.25) is 4.79 Å². The van der Waals surface area contributed by atoms with Crippen LogP contribution in [0.2, 0.25) is 18.1 Å². The van der Waals surface area contributed by atoms with Gasteiger partial charge >= 0.3 is 0 Å². The normalized spacial score (nSPS) is 11.2. The number of carbonyl (C=O) groups excluding carboxylic acids is 1. The molecule has 0 heterocycles. The van der Waals surface area contributed by atoms with Crippen molar-refractivity contribution in [2.45, 2.75) is 45.3 Å². The Morgan fingerprint density at radius 1 is 1.38 bits per heavy atom. The molecule has 0 aromatic carbocycles. The maximum absolute atomic E-state index is 10.7. The minimum Gasteiger partial charge on any atom is -0.416 e. The lowest BCUT2D eigenvalue weighted by Crippen LogP contribution is -2.40. The van der Waals surface area contributed by atoms with E-state index in [2.05, 4.69) is 45.7 Å². The summed E-state index contributed by atoms with van der Waals surface area (Å²) in [6.07, 6.45) is 5.44. The van der Waals surface area contributed by atoms with Crippen LogP contribution in [0.15, 0.2) is 0 Å². The zero-order chi connectivity index (χ0) is 12.8. The molecule has 0 N–H and O–H groups in total. The molecule has 0 aliphatic carbocycles. The SMILES string of the molecule is C#CC(=O)C#CCCO[Si](C)(C)C(C)(C)C. The molecule has 2 nitrogen and oxygen atoms in total. The standard InChI is InChI=1S/C13H20O2Si/c1-7-12(14)10-8-9-11-15-16(5,6)13(2,3)4/h1H,9,11H2,2-6H3. The predicted molar refractivity (Wildman–Crippen MR) is 69.4 cm³/mol. The number of hydrogen-bond acceptors (Lipinski definition) is 2. The Balaban J connectivity index is 4.05. The number of ketones is 1. The van der Waals surface area contributed by atoms with Crippen molar-refractivity contribution in [1.29, 1.82) is 0 Å². The summed E-state index contributed by atoms with van der Waals surface area (Å²) in [5, 5.41) is 0.203. The van der Waals surface area contributed by atoms with Crippen LogP contribution < -0.4 is 0 Å². The Labute approximate surface area is 99.9 Å². The fourth-order valence-corrected chi connectivity index (χ4v) is 1.80. The zero-order valence-corrected chi connectivity index (χ0v) is 11.8. The lowest BCUT2D eigenvalue weighted by atomic mass is 10.2. The van der Waals surface area contributed by atoms with E-state index in [0.717, 1.165) is 0 Å². The predicted octanol–water partition coefficient (Wildman–Crippen LogP) is 2.60.